The quantitative estimate of drug-likeness (QED) is 0.470. The number of pyridine rings is 2. The van der Waals surface area contributed by atoms with Gasteiger partial charge in [0.1, 0.15) is 0 Å². The van der Waals surface area contributed by atoms with E-state index in [1.165, 1.54) is 12.1 Å². The van der Waals surface area contributed by atoms with E-state index in [4.69, 9.17) is 0 Å². The average molecular weight is 421 g/mol. The van der Waals surface area contributed by atoms with Gasteiger partial charge in [0.15, 0.2) is 5.65 Å². The molecule has 0 aliphatic carbocycles. The highest BCUT2D eigenvalue weighted by atomic mass is 19.4. The smallest absolute Gasteiger partial charge is 0.348 e. The molecule has 0 fully saturated rings. The van der Waals surface area contributed by atoms with Crippen LogP contribution in [0.2, 0.25) is 0 Å². The number of hydrogen-bond acceptors (Lipinski definition) is 3. The van der Waals surface area contributed by atoms with Gasteiger partial charge in [-0.05, 0) is 47.9 Å². The third-order valence-corrected chi connectivity index (χ3v) is 4.98. The van der Waals surface area contributed by atoms with Crippen molar-refractivity contribution >= 4 is 16.9 Å². The van der Waals surface area contributed by atoms with Gasteiger partial charge in [0.25, 0.3) is 5.91 Å². The van der Waals surface area contributed by atoms with Gasteiger partial charge in [-0.15, -0.1) is 0 Å². The number of halogens is 3. The van der Waals surface area contributed by atoms with Crippen LogP contribution in [0.15, 0.2) is 72.9 Å². The second-order valence-electron chi connectivity index (χ2n) is 7.09. The Morgan fingerprint density at radius 3 is 2.48 bits per heavy atom. The first-order valence-electron chi connectivity index (χ1n) is 9.59. The number of alkyl halides is 3. The number of aryl methyl sites for hydroxylation is 1. The number of nitrogens with one attached hydrogen (secondary N) is 1. The zero-order valence-electron chi connectivity index (χ0n) is 16.6. The minimum absolute atomic E-state index is 0.122. The molecule has 31 heavy (non-hydrogen) atoms. The SMILES string of the molecule is Cc1nc2ncccc2cc1C(=O)NCc1ccc(-c2ccccc2C(F)(F)F)cc1. The van der Waals surface area contributed by atoms with Crippen LogP contribution in [-0.4, -0.2) is 15.9 Å². The van der Waals surface area contributed by atoms with Crippen molar-refractivity contribution in [2.24, 2.45) is 0 Å². The molecule has 0 aliphatic heterocycles. The lowest BCUT2D eigenvalue weighted by Crippen LogP contribution is -2.24. The number of carbonyl (C=O) groups excluding carboxylic acids is 1. The van der Waals surface area contributed by atoms with Crippen LogP contribution in [0, 0.1) is 6.92 Å². The van der Waals surface area contributed by atoms with E-state index in [9.17, 15) is 18.0 Å². The fraction of sp³-hybridized carbons (Fsp3) is 0.125. The molecule has 0 spiro atoms. The topological polar surface area (TPSA) is 54.9 Å². The van der Waals surface area contributed by atoms with E-state index >= 15 is 0 Å². The Hall–Kier alpha value is -3.74. The van der Waals surface area contributed by atoms with E-state index in [0.717, 1.165) is 17.0 Å². The molecule has 0 atom stereocenters. The molecule has 2 aromatic carbocycles. The number of fused-ring (bicyclic) bond motifs is 1. The summed E-state index contributed by atoms with van der Waals surface area (Å²) in [7, 11) is 0. The second-order valence-corrected chi connectivity index (χ2v) is 7.09. The fourth-order valence-electron chi connectivity index (χ4n) is 3.39. The van der Waals surface area contributed by atoms with Crippen LogP contribution in [0.5, 0.6) is 0 Å². The molecular formula is C24H18F3N3O. The Labute approximate surface area is 176 Å². The third-order valence-electron chi connectivity index (χ3n) is 4.98. The van der Waals surface area contributed by atoms with Gasteiger partial charge in [0.2, 0.25) is 0 Å². The van der Waals surface area contributed by atoms with Crippen molar-refractivity contribution in [3.05, 3.63) is 95.3 Å². The highest BCUT2D eigenvalue weighted by Crippen LogP contribution is 2.36. The number of nitrogens with zero attached hydrogens (tertiary/aromatic N) is 2. The van der Waals surface area contributed by atoms with Crippen LogP contribution < -0.4 is 5.32 Å². The van der Waals surface area contributed by atoms with Gasteiger partial charge in [-0.1, -0.05) is 42.5 Å². The van der Waals surface area contributed by atoms with E-state index in [-0.39, 0.29) is 18.0 Å². The Morgan fingerprint density at radius 1 is 1.00 bits per heavy atom. The number of carbonyl (C=O) groups is 1. The normalized spacial score (nSPS) is 11.5. The maximum atomic E-state index is 13.3. The molecule has 7 heteroatoms. The van der Waals surface area contributed by atoms with Gasteiger partial charge in [-0.3, -0.25) is 4.79 Å². The van der Waals surface area contributed by atoms with Gasteiger partial charge in [0.05, 0.1) is 16.8 Å². The predicted molar refractivity (Wildman–Crippen MR) is 112 cm³/mol. The molecule has 2 aromatic heterocycles. The van der Waals surface area contributed by atoms with Crippen LogP contribution in [0.3, 0.4) is 0 Å². The standard InChI is InChI=1S/C24H18F3N3O/c1-15-20(13-18-5-4-12-28-22(18)30-15)23(31)29-14-16-8-10-17(11-9-16)19-6-2-3-7-21(19)24(25,26)27/h2-13H,14H2,1H3,(H,29,31). The highest BCUT2D eigenvalue weighted by Gasteiger charge is 2.33. The fourth-order valence-corrected chi connectivity index (χ4v) is 3.39. The summed E-state index contributed by atoms with van der Waals surface area (Å²) in [6, 6.07) is 17.5. The van der Waals surface area contributed by atoms with Crippen LogP contribution in [0.1, 0.15) is 27.2 Å². The lowest BCUT2D eigenvalue weighted by atomic mass is 9.98. The maximum Gasteiger partial charge on any atom is 0.417 e. The molecule has 0 aliphatic rings. The third kappa shape index (κ3) is 4.40. The summed E-state index contributed by atoms with van der Waals surface area (Å²) in [5.74, 6) is -0.276. The number of rotatable bonds is 4. The molecule has 0 saturated heterocycles. The van der Waals surface area contributed by atoms with Gasteiger partial charge in [-0.25, -0.2) is 9.97 Å². The maximum absolute atomic E-state index is 13.3. The van der Waals surface area contributed by atoms with Crippen molar-refractivity contribution in [2.45, 2.75) is 19.6 Å². The molecular weight excluding hydrogens is 403 g/mol. The van der Waals surface area contributed by atoms with E-state index in [1.54, 1.807) is 55.6 Å². The first kappa shape index (κ1) is 20.5. The van der Waals surface area contributed by atoms with Gasteiger partial charge in [-0.2, -0.15) is 13.2 Å². The lowest BCUT2D eigenvalue weighted by Gasteiger charge is -2.13. The van der Waals surface area contributed by atoms with Crippen molar-refractivity contribution in [2.75, 3.05) is 0 Å². The Kier molecular flexibility index (Phi) is 5.42. The van der Waals surface area contributed by atoms with Crippen molar-refractivity contribution in [1.29, 1.82) is 0 Å². The average Bonchev–Trinajstić information content (AvgIpc) is 2.77. The molecule has 1 amide bonds. The summed E-state index contributed by atoms with van der Waals surface area (Å²) in [6.45, 7) is 1.99. The summed E-state index contributed by atoms with van der Waals surface area (Å²) in [4.78, 5) is 21.2. The number of amides is 1. The molecule has 4 rings (SSSR count). The van der Waals surface area contributed by atoms with Gasteiger partial charge in [0, 0.05) is 18.1 Å². The second kappa shape index (κ2) is 8.18. The first-order valence-corrected chi connectivity index (χ1v) is 9.59. The van der Waals surface area contributed by atoms with Crippen LogP contribution in [-0.2, 0) is 12.7 Å². The molecule has 4 aromatic rings. The molecule has 156 valence electrons. The van der Waals surface area contributed by atoms with Gasteiger partial charge >= 0.3 is 6.18 Å². The Bertz CT molecular complexity index is 1250. The minimum Gasteiger partial charge on any atom is -0.348 e. The molecule has 1 N–H and O–H groups in total. The Balaban J connectivity index is 1.50. The molecule has 0 unspecified atom stereocenters. The number of benzene rings is 2. The molecule has 0 saturated carbocycles. The summed E-state index contributed by atoms with van der Waals surface area (Å²) in [5, 5.41) is 3.61. The lowest BCUT2D eigenvalue weighted by molar-refractivity contribution is -0.137. The van der Waals surface area contributed by atoms with E-state index in [0.29, 0.717) is 22.5 Å². The predicted octanol–water partition coefficient (Wildman–Crippen LogP) is 5.55. The zero-order valence-corrected chi connectivity index (χ0v) is 16.6. The summed E-state index contributed by atoms with van der Waals surface area (Å²) in [6.07, 6.45) is -2.78. The van der Waals surface area contributed by atoms with E-state index < -0.39 is 11.7 Å². The van der Waals surface area contributed by atoms with Crippen molar-refractivity contribution < 1.29 is 18.0 Å². The summed E-state index contributed by atoms with van der Waals surface area (Å²) in [5.41, 5.74) is 2.28. The molecule has 2 heterocycles. The highest BCUT2D eigenvalue weighted by molar-refractivity contribution is 5.98. The van der Waals surface area contributed by atoms with Crippen molar-refractivity contribution in [1.82, 2.24) is 15.3 Å². The minimum atomic E-state index is -4.43. The largest absolute Gasteiger partial charge is 0.417 e. The van der Waals surface area contributed by atoms with E-state index in [1.807, 2.05) is 6.07 Å². The number of hydrogen-bond donors (Lipinski definition) is 1. The van der Waals surface area contributed by atoms with Crippen molar-refractivity contribution in [3.8, 4) is 11.1 Å². The van der Waals surface area contributed by atoms with Crippen LogP contribution >= 0.6 is 0 Å². The van der Waals surface area contributed by atoms with Crippen LogP contribution in [0.4, 0.5) is 13.2 Å². The molecule has 0 bridgehead atoms. The number of aromatic nitrogens is 2. The zero-order chi connectivity index (χ0) is 22.0. The van der Waals surface area contributed by atoms with Crippen molar-refractivity contribution in [3.63, 3.8) is 0 Å². The first-order chi connectivity index (χ1) is 14.8. The van der Waals surface area contributed by atoms with Gasteiger partial charge < -0.3 is 5.32 Å². The molecule has 0 radical (unpaired) electrons. The van der Waals surface area contributed by atoms with Crippen LogP contribution in [0.25, 0.3) is 22.2 Å². The van der Waals surface area contributed by atoms with E-state index in [2.05, 4.69) is 15.3 Å². The molecule has 4 nitrogen and oxygen atoms in total. The summed E-state index contributed by atoms with van der Waals surface area (Å²) < 4.78 is 39.8. The summed E-state index contributed by atoms with van der Waals surface area (Å²) >= 11 is 0. The monoisotopic (exact) mass is 421 g/mol. The Morgan fingerprint density at radius 2 is 1.74 bits per heavy atom.